The van der Waals surface area contributed by atoms with Gasteiger partial charge in [-0.2, -0.15) is 0 Å². The number of hydrogen-bond acceptors (Lipinski definition) is 4. The Morgan fingerprint density at radius 2 is 1.88 bits per heavy atom. The van der Waals surface area contributed by atoms with Crippen LogP contribution in [0.5, 0.6) is 0 Å². The molecule has 0 atom stereocenters. The molecule has 0 saturated heterocycles. The average molecular weight is 243 g/mol. The first-order chi connectivity index (χ1) is 8.06. The van der Waals surface area contributed by atoms with E-state index in [0.29, 0.717) is 12.8 Å². The van der Waals surface area contributed by atoms with Gasteiger partial charge >= 0.3 is 0 Å². The van der Waals surface area contributed by atoms with Gasteiger partial charge in [-0.3, -0.25) is 0 Å². The molecule has 4 N–H and O–H groups in total. The van der Waals surface area contributed by atoms with Gasteiger partial charge in [0.25, 0.3) is 0 Å². The van der Waals surface area contributed by atoms with Gasteiger partial charge in [0.1, 0.15) is 0 Å². The predicted octanol–water partition coefficient (Wildman–Crippen LogP) is 1.66. The van der Waals surface area contributed by atoms with Gasteiger partial charge in [-0.1, -0.05) is 0 Å². The fourth-order valence-corrected chi connectivity index (χ4v) is 2.00. The summed E-state index contributed by atoms with van der Waals surface area (Å²) in [4.78, 5) is 3.64. The van der Waals surface area contributed by atoms with Crippen molar-refractivity contribution in [2.45, 2.75) is 37.8 Å². The normalized spacial score (nSPS) is 24.6. The van der Waals surface area contributed by atoms with Crippen LogP contribution in [0.4, 0.5) is 20.4 Å². The van der Waals surface area contributed by atoms with E-state index in [2.05, 4.69) is 10.3 Å². The number of pyridine rings is 1. The molecule has 2 rings (SSSR count). The lowest BCUT2D eigenvalue weighted by molar-refractivity contribution is 0.126. The van der Waals surface area contributed by atoms with Crippen LogP contribution in [0.25, 0.3) is 0 Å². The van der Waals surface area contributed by atoms with Crippen molar-refractivity contribution in [1.82, 2.24) is 4.98 Å². The maximum absolute atomic E-state index is 13.4. The van der Waals surface area contributed by atoms with E-state index < -0.39 is 11.6 Å². The number of nitrogens with zero attached hydrogens (tertiary/aromatic N) is 1. The third-order valence-corrected chi connectivity index (χ3v) is 2.99. The maximum Gasteiger partial charge on any atom is 0.168 e. The monoisotopic (exact) mass is 243 g/mol. The van der Waals surface area contributed by atoms with Crippen molar-refractivity contribution in [3.05, 3.63) is 17.7 Å². The van der Waals surface area contributed by atoms with Gasteiger partial charge in [-0.15, -0.1) is 0 Å². The summed E-state index contributed by atoms with van der Waals surface area (Å²) in [6, 6.07) is 0.771. The molecular formula is C11H15F2N3O. The van der Waals surface area contributed by atoms with Crippen molar-refractivity contribution in [2.75, 3.05) is 11.1 Å². The summed E-state index contributed by atoms with van der Waals surface area (Å²) in [7, 11) is 0. The molecule has 6 heteroatoms. The molecule has 0 spiro atoms. The molecule has 1 aliphatic rings. The van der Waals surface area contributed by atoms with E-state index in [9.17, 15) is 13.9 Å². The van der Waals surface area contributed by atoms with E-state index in [-0.39, 0.29) is 23.8 Å². The topological polar surface area (TPSA) is 71.2 Å². The molecule has 0 unspecified atom stereocenters. The fraction of sp³-hybridized carbons (Fsp3) is 0.545. The number of aliphatic hydroxyl groups is 1. The van der Waals surface area contributed by atoms with Gasteiger partial charge < -0.3 is 16.2 Å². The minimum absolute atomic E-state index is 0.0229. The molecule has 94 valence electrons. The molecule has 1 aromatic heterocycles. The number of nitrogen functional groups attached to an aromatic ring is 1. The number of aromatic nitrogens is 1. The van der Waals surface area contributed by atoms with Gasteiger partial charge in [0, 0.05) is 12.1 Å². The first kappa shape index (κ1) is 12.0. The molecule has 0 amide bonds. The van der Waals surface area contributed by atoms with Gasteiger partial charge in [-0.05, 0) is 25.7 Å². The van der Waals surface area contributed by atoms with Crippen molar-refractivity contribution in [3.8, 4) is 0 Å². The van der Waals surface area contributed by atoms with Crippen LogP contribution in [-0.4, -0.2) is 22.2 Å². The van der Waals surface area contributed by atoms with E-state index in [1.165, 1.54) is 0 Å². The van der Waals surface area contributed by atoms with Crippen molar-refractivity contribution >= 4 is 11.6 Å². The van der Waals surface area contributed by atoms with Gasteiger partial charge in [0.2, 0.25) is 0 Å². The molecule has 1 heterocycles. The second-order valence-corrected chi connectivity index (χ2v) is 4.34. The Labute approximate surface area is 97.8 Å². The van der Waals surface area contributed by atoms with E-state index >= 15 is 0 Å². The van der Waals surface area contributed by atoms with Crippen LogP contribution < -0.4 is 11.1 Å². The van der Waals surface area contributed by atoms with Crippen molar-refractivity contribution in [1.29, 1.82) is 0 Å². The van der Waals surface area contributed by atoms with Crippen LogP contribution in [0.15, 0.2) is 6.07 Å². The second kappa shape index (κ2) is 4.83. The first-order valence-corrected chi connectivity index (χ1v) is 5.62. The molecule has 1 fully saturated rings. The Hall–Kier alpha value is -1.43. The average Bonchev–Trinajstić information content (AvgIpc) is 2.29. The van der Waals surface area contributed by atoms with Crippen molar-refractivity contribution < 1.29 is 13.9 Å². The van der Waals surface area contributed by atoms with E-state index in [1.54, 1.807) is 0 Å². The summed E-state index contributed by atoms with van der Waals surface area (Å²) in [5, 5.41) is 12.2. The zero-order chi connectivity index (χ0) is 12.4. The quantitative estimate of drug-likeness (QED) is 0.738. The first-order valence-electron chi connectivity index (χ1n) is 5.62. The Bertz CT molecular complexity index is 406. The zero-order valence-electron chi connectivity index (χ0n) is 9.29. The number of nitrogens with one attached hydrogen (secondary N) is 1. The van der Waals surface area contributed by atoms with Gasteiger partial charge in [-0.25, -0.2) is 13.8 Å². The van der Waals surface area contributed by atoms with Gasteiger partial charge in [0.05, 0.1) is 6.10 Å². The van der Waals surface area contributed by atoms with Gasteiger partial charge in [0.15, 0.2) is 23.3 Å². The molecule has 0 aromatic carbocycles. The van der Waals surface area contributed by atoms with Crippen LogP contribution in [0.3, 0.4) is 0 Å². The number of halogens is 2. The molecule has 4 nitrogen and oxygen atoms in total. The Morgan fingerprint density at radius 3 is 2.53 bits per heavy atom. The Balaban J connectivity index is 2.06. The highest BCUT2D eigenvalue weighted by atomic mass is 19.1. The van der Waals surface area contributed by atoms with Crippen LogP contribution in [0.2, 0.25) is 0 Å². The minimum Gasteiger partial charge on any atom is -0.393 e. The van der Waals surface area contributed by atoms with Crippen molar-refractivity contribution in [2.24, 2.45) is 0 Å². The minimum atomic E-state index is -0.855. The van der Waals surface area contributed by atoms with E-state index in [4.69, 9.17) is 5.73 Å². The SMILES string of the molecule is Nc1nc(NC2CCC(O)CC2)c(F)cc1F. The molecule has 0 bridgehead atoms. The van der Waals surface area contributed by atoms with Crippen LogP contribution >= 0.6 is 0 Å². The third-order valence-electron chi connectivity index (χ3n) is 2.99. The summed E-state index contributed by atoms with van der Waals surface area (Å²) in [6.45, 7) is 0. The highest BCUT2D eigenvalue weighted by Gasteiger charge is 2.21. The van der Waals surface area contributed by atoms with E-state index in [1.807, 2.05) is 0 Å². The smallest absolute Gasteiger partial charge is 0.168 e. The molecular weight excluding hydrogens is 228 g/mol. The number of hydrogen-bond donors (Lipinski definition) is 3. The molecule has 1 aliphatic carbocycles. The molecule has 17 heavy (non-hydrogen) atoms. The highest BCUT2D eigenvalue weighted by Crippen LogP contribution is 2.23. The maximum atomic E-state index is 13.4. The Morgan fingerprint density at radius 1 is 1.24 bits per heavy atom. The second-order valence-electron chi connectivity index (χ2n) is 4.34. The summed E-state index contributed by atoms with van der Waals surface area (Å²) in [5.41, 5.74) is 5.28. The largest absolute Gasteiger partial charge is 0.393 e. The molecule has 1 saturated carbocycles. The predicted molar refractivity (Wildman–Crippen MR) is 60.5 cm³/mol. The zero-order valence-corrected chi connectivity index (χ0v) is 9.29. The van der Waals surface area contributed by atoms with Crippen molar-refractivity contribution in [3.63, 3.8) is 0 Å². The molecule has 0 aliphatic heterocycles. The lowest BCUT2D eigenvalue weighted by Gasteiger charge is -2.26. The summed E-state index contributed by atoms with van der Waals surface area (Å²) < 4.78 is 26.3. The van der Waals surface area contributed by atoms with Crippen LogP contribution in [0, 0.1) is 11.6 Å². The summed E-state index contributed by atoms with van der Waals surface area (Å²) in [6.07, 6.45) is 2.55. The Kier molecular flexibility index (Phi) is 3.42. The lowest BCUT2D eigenvalue weighted by atomic mass is 9.93. The fourth-order valence-electron chi connectivity index (χ4n) is 2.00. The summed E-state index contributed by atoms with van der Waals surface area (Å²) >= 11 is 0. The van der Waals surface area contributed by atoms with Crippen LogP contribution in [0.1, 0.15) is 25.7 Å². The number of rotatable bonds is 2. The third kappa shape index (κ3) is 2.82. The van der Waals surface area contributed by atoms with Crippen LogP contribution in [-0.2, 0) is 0 Å². The number of anilines is 2. The molecule has 0 radical (unpaired) electrons. The lowest BCUT2D eigenvalue weighted by Crippen LogP contribution is -2.29. The summed E-state index contributed by atoms with van der Waals surface area (Å²) in [5.74, 6) is -1.94. The standard InChI is InChI=1S/C11H15F2N3O/c12-8-5-9(13)11(16-10(8)14)15-6-1-3-7(17)4-2-6/h5-7,17H,1-4H2,(H3,14,15,16). The highest BCUT2D eigenvalue weighted by molar-refractivity contribution is 5.45. The molecule has 1 aromatic rings. The van der Waals surface area contributed by atoms with E-state index in [0.717, 1.165) is 18.9 Å². The number of aliphatic hydroxyl groups excluding tert-OH is 1. The number of nitrogens with two attached hydrogens (primary N) is 1.